The average molecular weight is 261 g/mol. The van der Waals surface area contributed by atoms with Crippen LogP contribution in [-0.2, 0) is 4.79 Å². The van der Waals surface area contributed by atoms with E-state index in [1.54, 1.807) is 0 Å². The molecule has 0 amide bonds. The van der Waals surface area contributed by atoms with Crippen molar-refractivity contribution >= 4 is 17.6 Å². The zero-order chi connectivity index (χ0) is 12.6. The molecule has 1 unspecified atom stereocenters. The lowest BCUT2D eigenvalue weighted by atomic mass is 9.91. The fraction of sp³-hybridized carbons (Fsp3) is 0.417. The van der Waals surface area contributed by atoms with Crippen LogP contribution in [0.25, 0.3) is 0 Å². The van der Waals surface area contributed by atoms with E-state index in [-0.39, 0.29) is 18.3 Å². The number of carboxylic acid groups (broad SMARTS) is 1. The fourth-order valence-corrected chi connectivity index (χ4v) is 2.14. The number of carboxylic acids is 1. The number of rotatable bonds is 4. The van der Waals surface area contributed by atoms with Crippen LogP contribution in [0.3, 0.4) is 0 Å². The third kappa shape index (κ3) is 2.75. The van der Waals surface area contributed by atoms with Crippen molar-refractivity contribution < 1.29 is 18.7 Å². The Balaban J connectivity index is 2.32. The standard InChI is InChI=1S/C12H11ClF2O2/c13-12-9(14)3-7(4-10(12)15)8(5-11(16)17)6-1-2-6/h3-4,6,8H,1-2,5H2,(H,16,17). The highest BCUT2D eigenvalue weighted by atomic mass is 35.5. The molecule has 1 fully saturated rings. The highest BCUT2D eigenvalue weighted by molar-refractivity contribution is 6.30. The van der Waals surface area contributed by atoms with Crippen molar-refractivity contribution in [3.8, 4) is 0 Å². The van der Waals surface area contributed by atoms with Crippen LogP contribution >= 0.6 is 11.6 Å². The first kappa shape index (κ1) is 12.3. The molecule has 0 radical (unpaired) electrons. The predicted molar refractivity (Wildman–Crippen MR) is 59.1 cm³/mol. The molecule has 0 aromatic heterocycles. The van der Waals surface area contributed by atoms with E-state index in [0.717, 1.165) is 25.0 Å². The molecule has 0 heterocycles. The van der Waals surface area contributed by atoms with Gasteiger partial charge in [0.15, 0.2) is 0 Å². The van der Waals surface area contributed by atoms with Crippen molar-refractivity contribution in [2.24, 2.45) is 5.92 Å². The van der Waals surface area contributed by atoms with E-state index in [9.17, 15) is 13.6 Å². The summed E-state index contributed by atoms with van der Waals surface area (Å²) in [4.78, 5) is 10.7. The molecule has 1 aromatic rings. The molecule has 1 aliphatic rings. The van der Waals surface area contributed by atoms with Crippen LogP contribution in [0.4, 0.5) is 8.78 Å². The minimum atomic E-state index is -0.960. The SMILES string of the molecule is O=C(O)CC(c1cc(F)c(Cl)c(F)c1)C1CC1. The van der Waals surface area contributed by atoms with Gasteiger partial charge in [-0.05, 0) is 42.4 Å². The van der Waals surface area contributed by atoms with Gasteiger partial charge in [0.2, 0.25) is 0 Å². The summed E-state index contributed by atoms with van der Waals surface area (Å²) in [6.45, 7) is 0. The molecule has 0 spiro atoms. The van der Waals surface area contributed by atoms with Crippen LogP contribution < -0.4 is 0 Å². The van der Waals surface area contributed by atoms with E-state index in [2.05, 4.69) is 0 Å². The van der Waals surface area contributed by atoms with E-state index < -0.39 is 22.6 Å². The Kier molecular flexibility index (Phi) is 3.33. The lowest BCUT2D eigenvalue weighted by Gasteiger charge is -2.15. The molecule has 0 aliphatic heterocycles. The molecule has 0 saturated heterocycles. The summed E-state index contributed by atoms with van der Waals surface area (Å²) in [6.07, 6.45) is 1.71. The van der Waals surface area contributed by atoms with E-state index in [1.165, 1.54) is 0 Å². The molecule has 1 atom stereocenters. The maximum absolute atomic E-state index is 13.3. The molecule has 2 nitrogen and oxygen atoms in total. The fourth-order valence-electron chi connectivity index (χ4n) is 2.03. The van der Waals surface area contributed by atoms with Gasteiger partial charge in [-0.2, -0.15) is 0 Å². The van der Waals surface area contributed by atoms with Gasteiger partial charge < -0.3 is 5.11 Å². The number of carbonyl (C=O) groups is 1. The summed E-state index contributed by atoms with van der Waals surface area (Å²) in [6, 6.07) is 2.27. The van der Waals surface area contributed by atoms with Gasteiger partial charge in [-0.1, -0.05) is 11.6 Å². The quantitative estimate of drug-likeness (QED) is 0.840. The van der Waals surface area contributed by atoms with Crippen LogP contribution in [0.5, 0.6) is 0 Å². The third-order valence-corrected chi connectivity index (χ3v) is 3.38. The monoisotopic (exact) mass is 260 g/mol. The molecule has 1 saturated carbocycles. The van der Waals surface area contributed by atoms with Gasteiger partial charge >= 0.3 is 5.97 Å². The van der Waals surface area contributed by atoms with Crippen molar-refractivity contribution in [1.82, 2.24) is 0 Å². The van der Waals surface area contributed by atoms with Crippen LogP contribution in [-0.4, -0.2) is 11.1 Å². The van der Waals surface area contributed by atoms with Gasteiger partial charge in [-0.3, -0.25) is 4.79 Å². The molecule has 92 valence electrons. The third-order valence-electron chi connectivity index (χ3n) is 3.02. The number of aliphatic carboxylic acids is 1. The maximum Gasteiger partial charge on any atom is 0.303 e. The zero-order valence-electron chi connectivity index (χ0n) is 8.92. The highest BCUT2D eigenvalue weighted by Gasteiger charge is 2.34. The van der Waals surface area contributed by atoms with Gasteiger partial charge in [0, 0.05) is 0 Å². The predicted octanol–water partition coefficient (Wildman–Crippen LogP) is 3.59. The zero-order valence-corrected chi connectivity index (χ0v) is 9.68. The van der Waals surface area contributed by atoms with Crippen molar-refractivity contribution in [3.63, 3.8) is 0 Å². The smallest absolute Gasteiger partial charge is 0.303 e. The van der Waals surface area contributed by atoms with E-state index in [4.69, 9.17) is 16.7 Å². The Hall–Kier alpha value is -1.16. The molecule has 1 aliphatic carbocycles. The van der Waals surface area contributed by atoms with Crippen LogP contribution in [0, 0.1) is 17.6 Å². The van der Waals surface area contributed by atoms with Crippen molar-refractivity contribution in [3.05, 3.63) is 34.4 Å². The van der Waals surface area contributed by atoms with Crippen LogP contribution in [0.1, 0.15) is 30.7 Å². The Morgan fingerprint density at radius 1 is 1.41 bits per heavy atom. The topological polar surface area (TPSA) is 37.3 Å². The number of halogens is 3. The first-order valence-corrected chi connectivity index (χ1v) is 5.73. The van der Waals surface area contributed by atoms with Crippen LogP contribution in [0.2, 0.25) is 5.02 Å². The molecule has 2 rings (SSSR count). The number of benzene rings is 1. The first-order valence-electron chi connectivity index (χ1n) is 5.35. The molecule has 0 bridgehead atoms. The normalized spacial score (nSPS) is 16.9. The second kappa shape index (κ2) is 4.61. The van der Waals surface area contributed by atoms with E-state index in [1.807, 2.05) is 0 Å². The lowest BCUT2D eigenvalue weighted by molar-refractivity contribution is -0.137. The number of hydrogen-bond acceptors (Lipinski definition) is 1. The summed E-state index contributed by atoms with van der Waals surface area (Å²) >= 11 is 5.39. The summed E-state index contributed by atoms with van der Waals surface area (Å²) in [5, 5.41) is 8.26. The Bertz CT molecular complexity index is 435. The highest BCUT2D eigenvalue weighted by Crippen LogP contribution is 2.45. The second-order valence-corrected chi connectivity index (χ2v) is 4.72. The van der Waals surface area contributed by atoms with Gasteiger partial charge in [0.05, 0.1) is 6.42 Å². The van der Waals surface area contributed by atoms with E-state index >= 15 is 0 Å². The molecule has 1 N–H and O–H groups in total. The molecule has 5 heteroatoms. The average Bonchev–Trinajstić information content (AvgIpc) is 3.05. The maximum atomic E-state index is 13.3. The molecule has 1 aromatic carbocycles. The Morgan fingerprint density at radius 2 is 1.94 bits per heavy atom. The molecule has 17 heavy (non-hydrogen) atoms. The largest absolute Gasteiger partial charge is 0.481 e. The Morgan fingerprint density at radius 3 is 2.35 bits per heavy atom. The summed E-state index contributed by atoms with van der Waals surface area (Å²) in [5.41, 5.74) is 0.384. The minimum absolute atomic E-state index is 0.106. The van der Waals surface area contributed by atoms with Gasteiger partial charge in [-0.15, -0.1) is 0 Å². The lowest BCUT2D eigenvalue weighted by Crippen LogP contribution is -2.09. The summed E-state index contributed by atoms with van der Waals surface area (Å²) in [5.74, 6) is -2.74. The first-order chi connectivity index (χ1) is 7.99. The van der Waals surface area contributed by atoms with Gasteiger partial charge in [0.1, 0.15) is 16.7 Å². The van der Waals surface area contributed by atoms with Crippen molar-refractivity contribution in [1.29, 1.82) is 0 Å². The minimum Gasteiger partial charge on any atom is -0.481 e. The molecular weight excluding hydrogens is 250 g/mol. The van der Waals surface area contributed by atoms with Crippen molar-refractivity contribution in [2.45, 2.75) is 25.2 Å². The Labute approximate surface area is 102 Å². The molecular formula is C12H11ClF2O2. The van der Waals surface area contributed by atoms with Gasteiger partial charge in [-0.25, -0.2) is 8.78 Å². The number of hydrogen-bond donors (Lipinski definition) is 1. The summed E-state index contributed by atoms with van der Waals surface area (Å²) in [7, 11) is 0. The van der Waals surface area contributed by atoms with Crippen LogP contribution in [0.15, 0.2) is 12.1 Å². The van der Waals surface area contributed by atoms with Gasteiger partial charge in [0.25, 0.3) is 0 Å². The summed E-state index contributed by atoms with van der Waals surface area (Å²) < 4.78 is 26.6. The second-order valence-electron chi connectivity index (χ2n) is 4.34. The van der Waals surface area contributed by atoms with E-state index in [0.29, 0.717) is 5.56 Å². The van der Waals surface area contributed by atoms with Crippen molar-refractivity contribution in [2.75, 3.05) is 0 Å².